The van der Waals surface area contributed by atoms with E-state index in [9.17, 15) is 14.9 Å². The summed E-state index contributed by atoms with van der Waals surface area (Å²) in [7, 11) is 0. The zero-order chi connectivity index (χ0) is 18.6. The number of carbonyl (C=O) groups excluding carboxylic acids is 1. The molecule has 1 saturated heterocycles. The molecule has 0 bridgehead atoms. The van der Waals surface area contributed by atoms with E-state index in [-0.39, 0.29) is 23.6 Å². The molecule has 10 nitrogen and oxygen atoms in total. The number of ether oxygens (including phenoxy) is 1. The number of aliphatic imine (C=N–C) groups is 1. The van der Waals surface area contributed by atoms with Crippen molar-refractivity contribution in [2.75, 3.05) is 26.2 Å². The molecular weight excluding hydrogens is 328 g/mol. The van der Waals surface area contributed by atoms with Crippen LogP contribution >= 0.6 is 0 Å². The molecule has 1 aliphatic heterocycles. The molecule has 10 heteroatoms. The van der Waals surface area contributed by atoms with Crippen molar-refractivity contribution in [3.05, 3.63) is 28.4 Å². The minimum Gasteiger partial charge on any atom is -0.444 e. The van der Waals surface area contributed by atoms with Crippen molar-refractivity contribution in [3.8, 4) is 0 Å². The van der Waals surface area contributed by atoms with E-state index in [0.717, 1.165) is 6.20 Å². The summed E-state index contributed by atoms with van der Waals surface area (Å²) in [6.07, 6.45) is 0.784. The van der Waals surface area contributed by atoms with Gasteiger partial charge in [-0.05, 0) is 26.8 Å². The van der Waals surface area contributed by atoms with E-state index in [1.165, 1.54) is 12.1 Å². The third-order valence-corrected chi connectivity index (χ3v) is 3.43. The van der Waals surface area contributed by atoms with Crippen LogP contribution in [0.1, 0.15) is 20.8 Å². The number of nitrogens with two attached hydrogens (primary N) is 1. The number of pyridine rings is 1. The van der Waals surface area contributed by atoms with Gasteiger partial charge in [-0.1, -0.05) is 0 Å². The Hall–Kier alpha value is -2.91. The summed E-state index contributed by atoms with van der Waals surface area (Å²) in [5.41, 5.74) is 5.33. The molecule has 0 saturated carbocycles. The molecule has 1 amide bonds. The maximum atomic E-state index is 12.0. The fourth-order valence-corrected chi connectivity index (χ4v) is 2.19. The Labute approximate surface area is 145 Å². The molecule has 2 heterocycles. The van der Waals surface area contributed by atoms with Gasteiger partial charge in [-0.15, -0.1) is 0 Å². The number of rotatable bonds is 2. The van der Waals surface area contributed by atoms with Crippen LogP contribution in [-0.4, -0.2) is 63.5 Å². The monoisotopic (exact) mass is 350 g/mol. The smallest absolute Gasteiger partial charge is 0.410 e. The minimum absolute atomic E-state index is 0.108. The summed E-state index contributed by atoms with van der Waals surface area (Å²) < 4.78 is 5.34. The third kappa shape index (κ3) is 5.30. The van der Waals surface area contributed by atoms with Crippen molar-refractivity contribution in [1.82, 2.24) is 14.8 Å². The molecule has 1 fully saturated rings. The number of nitro groups is 1. The van der Waals surface area contributed by atoms with Gasteiger partial charge in [0.25, 0.3) is 5.69 Å². The van der Waals surface area contributed by atoms with Gasteiger partial charge in [-0.25, -0.2) is 9.78 Å². The van der Waals surface area contributed by atoms with Gasteiger partial charge in [0.05, 0.1) is 4.92 Å². The van der Waals surface area contributed by atoms with Crippen LogP contribution in [-0.2, 0) is 4.74 Å². The quantitative estimate of drug-likeness (QED) is 0.370. The standard InChI is InChI=1S/C15H22N6O4/c1-15(2,3)25-14(22)20-8-6-19(7-9-20)13(16)18-12-5-4-11(10-17-12)21(23)24/h4-5,10H,6-9H2,1-3H3,(H2,16,17,18). The Morgan fingerprint density at radius 2 is 1.88 bits per heavy atom. The van der Waals surface area contributed by atoms with Crippen LogP contribution in [0.25, 0.3) is 0 Å². The van der Waals surface area contributed by atoms with E-state index < -0.39 is 10.5 Å². The number of piperazine rings is 1. The van der Waals surface area contributed by atoms with E-state index in [0.29, 0.717) is 26.2 Å². The number of guanidine groups is 1. The molecule has 25 heavy (non-hydrogen) atoms. The van der Waals surface area contributed by atoms with Crippen LogP contribution in [0.5, 0.6) is 0 Å². The number of hydrogen-bond acceptors (Lipinski definition) is 6. The van der Waals surface area contributed by atoms with Crippen molar-refractivity contribution in [3.63, 3.8) is 0 Å². The topological polar surface area (TPSA) is 127 Å². The fraction of sp³-hybridized carbons (Fsp3) is 0.533. The van der Waals surface area contributed by atoms with Crippen LogP contribution in [0.4, 0.5) is 16.3 Å². The van der Waals surface area contributed by atoms with Gasteiger partial charge in [0.15, 0.2) is 11.8 Å². The summed E-state index contributed by atoms with van der Waals surface area (Å²) >= 11 is 0. The minimum atomic E-state index is -0.531. The van der Waals surface area contributed by atoms with E-state index >= 15 is 0 Å². The van der Waals surface area contributed by atoms with E-state index in [1.807, 2.05) is 25.7 Å². The van der Waals surface area contributed by atoms with Crippen molar-refractivity contribution in [1.29, 1.82) is 0 Å². The first-order valence-electron chi connectivity index (χ1n) is 7.83. The lowest BCUT2D eigenvalue weighted by atomic mass is 10.2. The van der Waals surface area contributed by atoms with Crippen LogP contribution < -0.4 is 5.73 Å². The van der Waals surface area contributed by atoms with E-state index in [1.54, 1.807) is 4.90 Å². The first kappa shape index (κ1) is 18.4. The highest BCUT2D eigenvalue weighted by atomic mass is 16.6. The van der Waals surface area contributed by atoms with Crippen LogP contribution in [0.3, 0.4) is 0 Å². The molecule has 1 aromatic heterocycles. The Bertz CT molecular complexity index is 660. The van der Waals surface area contributed by atoms with Crippen molar-refractivity contribution in [2.45, 2.75) is 26.4 Å². The predicted octanol–water partition coefficient (Wildman–Crippen LogP) is 1.49. The molecular formula is C15H22N6O4. The summed E-state index contributed by atoms with van der Waals surface area (Å²) in [6.45, 7) is 7.44. The first-order chi connectivity index (χ1) is 11.7. The maximum absolute atomic E-state index is 12.0. The summed E-state index contributed by atoms with van der Waals surface area (Å²) in [5, 5.41) is 10.6. The second-order valence-electron chi connectivity index (χ2n) is 6.56. The molecule has 0 aliphatic carbocycles. The molecule has 1 aromatic rings. The van der Waals surface area contributed by atoms with E-state index in [4.69, 9.17) is 10.5 Å². The lowest BCUT2D eigenvalue weighted by molar-refractivity contribution is -0.385. The van der Waals surface area contributed by atoms with Gasteiger partial charge in [0.2, 0.25) is 0 Å². The molecule has 0 aromatic carbocycles. The summed E-state index contributed by atoms with van der Waals surface area (Å²) in [5.74, 6) is 0.544. The van der Waals surface area contributed by atoms with Gasteiger partial charge >= 0.3 is 6.09 Å². The maximum Gasteiger partial charge on any atom is 0.410 e. The number of carbonyl (C=O) groups is 1. The van der Waals surface area contributed by atoms with Crippen LogP contribution in [0.2, 0.25) is 0 Å². The highest BCUT2D eigenvalue weighted by molar-refractivity contribution is 5.81. The van der Waals surface area contributed by atoms with Gasteiger partial charge < -0.3 is 20.3 Å². The van der Waals surface area contributed by atoms with Gasteiger partial charge in [0, 0.05) is 32.2 Å². The van der Waals surface area contributed by atoms with Crippen molar-refractivity contribution in [2.24, 2.45) is 10.7 Å². The molecule has 0 unspecified atom stereocenters. The molecule has 2 N–H and O–H groups in total. The second kappa shape index (κ2) is 7.32. The Kier molecular flexibility index (Phi) is 5.40. The normalized spacial score (nSPS) is 15.9. The van der Waals surface area contributed by atoms with Crippen molar-refractivity contribution < 1.29 is 14.5 Å². The number of amides is 1. The molecule has 2 rings (SSSR count). The number of hydrogen-bond donors (Lipinski definition) is 1. The van der Waals surface area contributed by atoms with Gasteiger partial charge in [0.1, 0.15) is 11.8 Å². The Morgan fingerprint density at radius 3 is 2.36 bits per heavy atom. The molecule has 0 atom stereocenters. The second-order valence-corrected chi connectivity index (χ2v) is 6.56. The zero-order valence-electron chi connectivity index (χ0n) is 14.5. The average Bonchev–Trinajstić information content (AvgIpc) is 2.54. The molecule has 0 radical (unpaired) electrons. The highest BCUT2D eigenvalue weighted by Crippen LogP contribution is 2.15. The van der Waals surface area contributed by atoms with E-state index in [2.05, 4.69) is 9.98 Å². The molecule has 0 spiro atoms. The summed E-state index contributed by atoms with van der Waals surface area (Å²) in [6, 6.07) is 2.75. The lowest BCUT2D eigenvalue weighted by Gasteiger charge is -2.36. The highest BCUT2D eigenvalue weighted by Gasteiger charge is 2.26. The summed E-state index contributed by atoms with van der Waals surface area (Å²) in [4.78, 5) is 33.6. The number of aromatic nitrogens is 1. The van der Waals surface area contributed by atoms with Crippen LogP contribution in [0, 0.1) is 10.1 Å². The lowest BCUT2D eigenvalue weighted by Crippen LogP contribution is -2.53. The molecule has 136 valence electrons. The molecule has 1 aliphatic rings. The SMILES string of the molecule is CC(C)(C)OC(=O)N1CCN(C(N)=Nc2ccc([N+](=O)[O-])cn2)CC1. The van der Waals surface area contributed by atoms with Crippen LogP contribution in [0.15, 0.2) is 23.3 Å². The largest absolute Gasteiger partial charge is 0.444 e. The Morgan fingerprint density at radius 1 is 1.28 bits per heavy atom. The van der Waals surface area contributed by atoms with Gasteiger partial charge in [-0.2, -0.15) is 4.99 Å². The average molecular weight is 350 g/mol. The van der Waals surface area contributed by atoms with Crippen molar-refractivity contribution >= 4 is 23.6 Å². The Balaban J connectivity index is 1.93. The fourth-order valence-electron chi connectivity index (χ4n) is 2.19. The zero-order valence-corrected chi connectivity index (χ0v) is 14.5. The third-order valence-electron chi connectivity index (χ3n) is 3.43. The predicted molar refractivity (Wildman–Crippen MR) is 91.6 cm³/mol. The first-order valence-corrected chi connectivity index (χ1v) is 7.83. The number of nitrogens with zero attached hydrogens (tertiary/aromatic N) is 5. The van der Waals surface area contributed by atoms with Gasteiger partial charge in [-0.3, -0.25) is 10.1 Å².